The van der Waals surface area contributed by atoms with Gasteiger partial charge in [0.25, 0.3) is 0 Å². The first-order chi connectivity index (χ1) is 18.6. The maximum Gasteiger partial charge on any atom is 0.221 e. The number of nitrogens with zero attached hydrogens (tertiary/aromatic N) is 2. The first-order valence-corrected chi connectivity index (χ1v) is 13.2. The predicted molar refractivity (Wildman–Crippen MR) is 149 cm³/mol. The molecule has 4 aromatic rings. The van der Waals surface area contributed by atoms with E-state index in [-0.39, 0.29) is 18.2 Å². The van der Waals surface area contributed by atoms with Crippen LogP contribution in [0.25, 0.3) is 5.65 Å². The lowest BCUT2D eigenvalue weighted by Crippen LogP contribution is -2.26. The molecule has 7 nitrogen and oxygen atoms in total. The van der Waals surface area contributed by atoms with Crippen LogP contribution in [0.3, 0.4) is 0 Å². The zero-order valence-corrected chi connectivity index (χ0v) is 22.5. The second-order valence-electron chi connectivity index (χ2n) is 9.34. The normalized spacial score (nSPS) is 11.8. The number of nitrogens with one attached hydrogen (secondary N) is 1. The molecule has 0 saturated carbocycles. The molecule has 7 heteroatoms. The molecule has 2 aromatic carbocycles. The molecule has 1 amide bonds. The molecule has 2 heterocycles. The van der Waals surface area contributed by atoms with Gasteiger partial charge in [-0.25, -0.2) is 4.98 Å². The highest BCUT2D eigenvalue weighted by Gasteiger charge is 2.24. The Morgan fingerprint density at radius 1 is 0.974 bits per heavy atom. The Morgan fingerprint density at radius 3 is 2.45 bits per heavy atom. The Balaban J connectivity index is 1.64. The van der Waals surface area contributed by atoms with Crippen molar-refractivity contribution < 1.29 is 19.0 Å². The van der Waals surface area contributed by atoms with Crippen molar-refractivity contribution in [3.8, 4) is 17.2 Å². The number of imidazole rings is 1. The average Bonchev–Trinajstić information content (AvgIpc) is 3.39. The molecule has 0 aliphatic rings. The van der Waals surface area contributed by atoms with E-state index in [2.05, 4.69) is 12.2 Å². The minimum absolute atomic E-state index is 0.000262. The predicted octanol–water partition coefficient (Wildman–Crippen LogP) is 6.15. The summed E-state index contributed by atoms with van der Waals surface area (Å²) in [6, 6.07) is 19.6. The zero-order chi connectivity index (χ0) is 26.7. The van der Waals surface area contributed by atoms with E-state index in [9.17, 15) is 4.79 Å². The fourth-order valence-electron chi connectivity index (χ4n) is 4.57. The van der Waals surface area contributed by atoms with Crippen molar-refractivity contribution >= 4 is 11.6 Å². The molecule has 0 spiro atoms. The fourth-order valence-corrected chi connectivity index (χ4v) is 4.57. The number of aromatic nitrogens is 2. The molecule has 2 aromatic heterocycles. The first kappa shape index (κ1) is 27.0. The van der Waals surface area contributed by atoms with Gasteiger partial charge in [0.2, 0.25) is 5.91 Å². The van der Waals surface area contributed by atoms with Gasteiger partial charge >= 0.3 is 0 Å². The number of benzene rings is 2. The Kier molecular flexibility index (Phi) is 9.62. The number of methoxy groups -OCH3 is 2. The van der Waals surface area contributed by atoms with E-state index in [0.717, 1.165) is 29.7 Å². The second-order valence-corrected chi connectivity index (χ2v) is 9.34. The van der Waals surface area contributed by atoms with Gasteiger partial charge in [-0.3, -0.25) is 4.79 Å². The second kappa shape index (κ2) is 13.5. The number of ether oxygens (including phenoxy) is 3. The molecule has 0 radical (unpaired) electrons. The Bertz CT molecular complexity index is 1300. The first-order valence-electron chi connectivity index (χ1n) is 13.2. The molecule has 1 unspecified atom stereocenters. The molecule has 200 valence electrons. The third-order valence-corrected chi connectivity index (χ3v) is 6.64. The van der Waals surface area contributed by atoms with E-state index in [1.165, 1.54) is 12.8 Å². The van der Waals surface area contributed by atoms with Crippen molar-refractivity contribution in [2.45, 2.75) is 51.6 Å². The van der Waals surface area contributed by atoms with Crippen molar-refractivity contribution in [3.05, 3.63) is 89.9 Å². The molecule has 1 N–H and O–H groups in total. The number of pyridine rings is 1. The quantitative estimate of drug-likeness (QED) is 0.204. The van der Waals surface area contributed by atoms with E-state index < -0.39 is 0 Å². The molecular formula is C31H37N3O4. The summed E-state index contributed by atoms with van der Waals surface area (Å²) in [5.74, 6) is 1.76. The third kappa shape index (κ3) is 6.85. The van der Waals surface area contributed by atoms with Crippen LogP contribution in [-0.4, -0.2) is 36.1 Å². The Labute approximate surface area is 224 Å². The van der Waals surface area contributed by atoms with Gasteiger partial charge in [0.05, 0.1) is 19.9 Å². The van der Waals surface area contributed by atoms with Crippen LogP contribution in [0.5, 0.6) is 17.2 Å². The van der Waals surface area contributed by atoms with Crippen LogP contribution in [0.4, 0.5) is 0 Å². The van der Waals surface area contributed by atoms with E-state index in [1.807, 2.05) is 77.5 Å². The van der Waals surface area contributed by atoms with Crippen LogP contribution in [0.2, 0.25) is 0 Å². The summed E-state index contributed by atoms with van der Waals surface area (Å²) in [6.45, 7) is 3.30. The number of fused-ring (bicyclic) bond motifs is 1. The molecule has 0 fully saturated rings. The molecule has 38 heavy (non-hydrogen) atoms. The molecule has 0 aliphatic heterocycles. The van der Waals surface area contributed by atoms with E-state index >= 15 is 0 Å². The number of hydrogen-bond acceptors (Lipinski definition) is 5. The van der Waals surface area contributed by atoms with Gasteiger partial charge in [0, 0.05) is 37.3 Å². The zero-order valence-electron chi connectivity index (χ0n) is 22.5. The largest absolute Gasteiger partial charge is 0.497 e. The highest BCUT2D eigenvalue weighted by atomic mass is 16.5. The van der Waals surface area contributed by atoms with Gasteiger partial charge in [-0.1, -0.05) is 56.5 Å². The highest BCUT2D eigenvalue weighted by Crippen LogP contribution is 2.35. The van der Waals surface area contributed by atoms with Gasteiger partial charge in [-0.15, -0.1) is 0 Å². The van der Waals surface area contributed by atoms with Crippen molar-refractivity contribution in [3.63, 3.8) is 0 Å². The van der Waals surface area contributed by atoms with E-state index in [1.54, 1.807) is 14.2 Å². The maximum atomic E-state index is 13.1. The van der Waals surface area contributed by atoms with Crippen LogP contribution in [0.15, 0.2) is 73.1 Å². The molecule has 1 atom stereocenters. The highest BCUT2D eigenvalue weighted by molar-refractivity contribution is 5.77. The standard InChI is InChI=1S/C31H37N3O4/c1-4-5-6-10-15-32-30(35)20-27(24-17-25(36-2)19-26(18-24)37-3)28-21-33-31-29(14-11-16-34(28)31)38-22-23-12-8-7-9-13-23/h7-9,11-14,16-19,21,27H,4-6,10,15,20,22H2,1-3H3,(H,32,35). The van der Waals surface area contributed by atoms with Crippen molar-refractivity contribution in [2.24, 2.45) is 0 Å². The monoisotopic (exact) mass is 515 g/mol. The summed E-state index contributed by atoms with van der Waals surface area (Å²) >= 11 is 0. The number of carbonyl (C=O) groups is 1. The van der Waals surface area contributed by atoms with Crippen molar-refractivity contribution in [2.75, 3.05) is 20.8 Å². The number of rotatable bonds is 14. The van der Waals surface area contributed by atoms with E-state index in [4.69, 9.17) is 19.2 Å². The van der Waals surface area contributed by atoms with E-state index in [0.29, 0.717) is 36.0 Å². The maximum absolute atomic E-state index is 13.1. The molecule has 0 saturated heterocycles. The summed E-state index contributed by atoms with van der Waals surface area (Å²) in [5.41, 5.74) is 3.60. The molecule has 0 bridgehead atoms. The van der Waals surface area contributed by atoms with Gasteiger partial charge < -0.3 is 23.9 Å². The summed E-state index contributed by atoms with van der Waals surface area (Å²) in [7, 11) is 3.25. The summed E-state index contributed by atoms with van der Waals surface area (Å²) in [6.07, 6.45) is 8.50. The topological polar surface area (TPSA) is 74.1 Å². The van der Waals surface area contributed by atoms with Crippen LogP contribution in [-0.2, 0) is 11.4 Å². The number of hydrogen-bond donors (Lipinski definition) is 1. The van der Waals surface area contributed by atoms with Crippen LogP contribution in [0, 0.1) is 0 Å². The van der Waals surface area contributed by atoms with Crippen molar-refractivity contribution in [1.29, 1.82) is 0 Å². The lowest BCUT2D eigenvalue weighted by molar-refractivity contribution is -0.121. The van der Waals surface area contributed by atoms with Gasteiger partial charge in [-0.2, -0.15) is 0 Å². The summed E-state index contributed by atoms with van der Waals surface area (Å²) in [4.78, 5) is 17.8. The minimum Gasteiger partial charge on any atom is -0.497 e. The number of unbranched alkanes of at least 4 members (excludes halogenated alkanes) is 3. The van der Waals surface area contributed by atoms with Crippen LogP contribution in [0.1, 0.15) is 61.8 Å². The average molecular weight is 516 g/mol. The summed E-state index contributed by atoms with van der Waals surface area (Å²) in [5, 5.41) is 3.10. The minimum atomic E-state index is -0.269. The Hall–Kier alpha value is -4.00. The summed E-state index contributed by atoms with van der Waals surface area (Å²) < 4.78 is 19.2. The van der Waals surface area contributed by atoms with Gasteiger partial charge in [-0.05, 0) is 41.8 Å². The van der Waals surface area contributed by atoms with Gasteiger partial charge in [0.1, 0.15) is 18.1 Å². The lowest BCUT2D eigenvalue weighted by Gasteiger charge is -2.19. The smallest absolute Gasteiger partial charge is 0.221 e. The fraction of sp³-hybridized carbons (Fsp3) is 0.355. The third-order valence-electron chi connectivity index (χ3n) is 6.64. The number of carbonyl (C=O) groups excluding carboxylic acids is 1. The van der Waals surface area contributed by atoms with Crippen LogP contribution < -0.4 is 19.5 Å². The number of amides is 1. The molecule has 0 aliphatic carbocycles. The van der Waals surface area contributed by atoms with Gasteiger partial charge in [0.15, 0.2) is 11.4 Å². The Morgan fingerprint density at radius 2 is 1.74 bits per heavy atom. The van der Waals surface area contributed by atoms with Crippen molar-refractivity contribution in [1.82, 2.24) is 14.7 Å². The molecular weight excluding hydrogens is 478 g/mol. The lowest BCUT2D eigenvalue weighted by atomic mass is 9.91. The SMILES string of the molecule is CCCCCCNC(=O)CC(c1cc(OC)cc(OC)c1)c1cnc2c(OCc3ccccc3)cccn12. The van der Waals surface area contributed by atoms with Crippen LogP contribution >= 0.6 is 0 Å². The molecule has 4 rings (SSSR count).